The van der Waals surface area contributed by atoms with Gasteiger partial charge >= 0.3 is 0 Å². The molecule has 2 aliphatic heterocycles. The number of fused-ring (bicyclic) bond motifs is 1. The summed E-state index contributed by atoms with van der Waals surface area (Å²) < 4.78 is 1.70. The molecule has 0 saturated carbocycles. The van der Waals surface area contributed by atoms with Crippen molar-refractivity contribution >= 4 is 11.8 Å². The predicted molar refractivity (Wildman–Crippen MR) is 110 cm³/mol. The predicted octanol–water partition coefficient (Wildman–Crippen LogP) is 1.35. The number of aromatic nitrogens is 2. The van der Waals surface area contributed by atoms with Gasteiger partial charge in [0.15, 0.2) is 0 Å². The first kappa shape index (κ1) is 19.6. The van der Waals surface area contributed by atoms with Gasteiger partial charge in [-0.25, -0.2) is 0 Å². The number of hydrogen-bond acceptors (Lipinski definition) is 4. The van der Waals surface area contributed by atoms with E-state index in [4.69, 9.17) is 0 Å². The summed E-state index contributed by atoms with van der Waals surface area (Å²) in [7, 11) is 4.12. The third kappa shape index (κ3) is 3.92. The van der Waals surface area contributed by atoms with E-state index in [1.54, 1.807) is 10.9 Å². The van der Waals surface area contributed by atoms with Crippen LogP contribution >= 0.6 is 0 Å². The highest BCUT2D eigenvalue weighted by atomic mass is 16.2. The zero-order valence-corrected chi connectivity index (χ0v) is 17.4. The average molecular weight is 396 g/mol. The van der Waals surface area contributed by atoms with E-state index < -0.39 is 0 Å². The van der Waals surface area contributed by atoms with E-state index in [0.717, 1.165) is 17.7 Å². The minimum Gasteiger partial charge on any atom is -0.340 e. The minimum absolute atomic E-state index is 0.0797. The van der Waals surface area contributed by atoms with Gasteiger partial charge in [0.05, 0.1) is 6.20 Å². The van der Waals surface area contributed by atoms with Crippen molar-refractivity contribution in [3.8, 4) is 0 Å². The Bertz CT molecular complexity index is 894. The van der Waals surface area contributed by atoms with E-state index in [0.29, 0.717) is 32.1 Å². The van der Waals surface area contributed by atoms with Crippen LogP contribution in [0, 0.1) is 18.3 Å². The largest absolute Gasteiger partial charge is 0.340 e. The minimum atomic E-state index is -0.0797. The highest BCUT2D eigenvalue weighted by molar-refractivity contribution is 5.94. The normalized spacial score (nSPS) is 23.7. The van der Waals surface area contributed by atoms with Gasteiger partial charge in [0, 0.05) is 55.8 Å². The summed E-state index contributed by atoms with van der Waals surface area (Å²) in [6, 6.07) is 9.47. The van der Waals surface area contributed by atoms with Crippen LogP contribution in [0.5, 0.6) is 0 Å². The van der Waals surface area contributed by atoms with Crippen LogP contribution in [0.3, 0.4) is 0 Å². The lowest BCUT2D eigenvalue weighted by atomic mass is 9.80. The van der Waals surface area contributed by atoms with Crippen LogP contribution in [0.1, 0.15) is 15.9 Å². The second-order valence-electron chi connectivity index (χ2n) is 8.84. The van der Waals surface area contributed by atoms with Crippen LogP contribution in [0.2, 0.25) is 0 Å². The van der Waals surface area contributed by atoms with Crippen molar-refractivity contribution in [1.29, 1.82) is 0 Å². The van der Waals surface area contributed by atoms with Gasteiger partial charge < -0.3 is 14.7 Å². The third-order valence-electron chi connectivity index (χ3n) is 6.11. The van der Waals surface area contributed by atoms with Crippen molar-refractivity contribution in [1.82, 2.24) is 24.5 Å². The molecule has 0 bridgehead atoms. The highest BCUT2D eigenvalue weighted by Crippen LogP contribution is 2.43. The second-order valence-corrected chi connectivity index (χ2v) is 8.84. The summed E-state index contributed by atoms with van der Waals surface area (Å²) >= 11 is 0. The second kappa shape index (κ2) is 7.63. The van der Waals surface area contributed by atoms with Gasteiger partial charge in [0.2, 0.25) is 5.91 Å². The number of nitrogens with zero attached hydrogens (tertiary/aromatic N) is 5. The van der Waals surface area contributed by atoms with Gasteiger partial charge in [-0.05, 0) is 38.7 Å². The molecule has 1 aromatic heterocycles. The third-order valence-corrected chi connectivity index (χ3v) is 6.11. The van der Waals surface area contributed by atoms with Crippen molar-refractivity contribution in [3.63, 3.8) is 0 Å². The van der Waals surface area contributed by atoms with E-state index in [2.05, 4.69) is 24.1 Å². The monoisotopic (exact) mass is 395 g/mol. The molecule has 0 aliphatic carbocycles. The van der Waals surface area contributed by atoms with Crippen molar-refractivity contribution < 1.29 is 9.59 Å². The molecule has 2 fully saturated rings. The first-order valence-electron chi connectivity index (χ1n) is 10.1. The Labute approximate surface area is 171 Å². The average Bonchev–Trinajstić information content (AvgIpc) is 3.33. The Morgan fingerprint density at radius 1 is 1.14 bits per heavy atom. The Balaban J connectivity index is 1.48. The summed E-state index contributed by atoms with van der Waals surface area (Å²) in [6.45, 7) is 5.88. The zero-order valence-electron chi connectivity index (χ0n) is 17.4. The van der Waals surface area contributed by atoms with E-state index in [1.807, 2.05) is 53.3 Å². The lowest BCUT2D eigenvalue weighted by Gasteiger charge is -2.32. The SMILES string of the molecule is Cc1cnn(CC(=O)N2C[C@H]3CN(C(=O)c4ccccc4)C[C@@]3(CN(C)C)C2)c1. The van der Waals surface area contributed by atoms with Gasteiger partial charge in [-0.15, -0.1) is 0 Å². The molecule has 0 N–H and O–H groups in total. The van der Waals surface area contributed by atoms with Crippen molar-refractivity contribution in [2.45, 2.75) is 13.5 Å². The Kier molecular flexibility index (Phi) is 5.17. The summed E-state index contributed by atoms with van der Waals surface area (Å²) in [5.74, 6) is 0.477. The molecule has 2 atom stereocenters. The first-order valence-corrected chi connectivity index (χ1v) is 10.1. The van der Waals surface area contributed by atoms with Crippen molar-refractivity contribution in [3.05, 3.63) is 53.9 Å². The molecule has 4 rings (SSSR count). The van der Waals surface area contributed by atoms with Crippen molar-refractivity contribution in [2.24, 2.45) is 11.3 Å². The molecule has 3 heterocycles. The Morgan fingerprint density at radius 2 is 1.83 bits per heavy atom. The maximum atomic E-state index is 13.0. The van der Waals surface area contributed by atoms with Gasteiger partial charge in [-0.1, -0.05) is 18.2 Å². The summed E-state index contributed by atoms with van der Waals surface area (Å²) in [6.07, 6.45) is 3.66. The molecule has 2 aliphatic rings. The molecule has 154 valence electrons. The number of carbonyl (C=O) groups excluding carboxylic acids is 2. The van der Waals surface area contributed by atoms with Gasteiger partial charge in [-0.3, -0.25) is 14.3 Å². The zero-order chi connectivity index (χ0) is 20.6. The Hall–Kier alpha value is -2.67. The molecule has 0 radical (unpaired) electrons. The molecule has 29 heavy (non-hydrogen) atoms. The molecule has 0 unspecified atom stereocenters. The fourth-order valence-corrected chi connectivity index (χ4v) is 4.93. The summed E-state index contributed by atoms with van der Waals surface area (Å²) in [5.41, 5.74) is 1.70. The molecule has 2 aromatic rings. The number of hydrogen-bond donors (Lipinski definition) is 0. The van der Waals surface area contributed by atoms with Crippen LogP contribution in [0.15, 0.2) is 42.7 Å². The lowest BCUT2D eigenvalue weighted by Crippen LogP contribution is -2.44. The van der Waals surface area contributed by atoms with Crippen LogP contribution in [0.4, 0.5) is 0 Å². The number of benzene rings is 1. The van der Waals surface area contributed by atoms with Gasteiger partial charge in [0.25, 0.3) is 5.91 Å². The van der Waals surface area contributed by atoms with Crippen LogP contribution < -0.4 is 0 Å². The van der Waals surface area contributed by atoms with E-state index >= 15 is 0 Å². The molecule has 2 amide bonds. The fourth-order valence-electron chi connectivity index (χ4n) is 4.93. The molecule has 7 heteroatoms. The summed E-state index contributed by atoms with van der Waals surface area (Å²) in [4.78, 5) is 32.0. The Morgan fingerprint density at radius 3 is 2.48 bits per heavy atom. The maximum absolute atomic E-state index is 13.0. The number of likely N-dealkylation sites (tertiary alicyclic amines) is 2. The maximum Gasteiger partial charge on any atom is 0.253 e. The molecular formula is C22H29N5O2. The summed E-state index contributed by atoms with van der Waals surface area (Å²) in [5, 5.41) is 4.24. The number of aryl methyl sites for hydroxylation is 1. The first-order chi connectivity index (χ1) is 13.9. The van der Waals surface area contributed by atoms with E-state index in [1.165, 1.54) is 0 Å². The van der Waals surface area contributed by atoms with Gasteiger partial charge in [0.1, 0.15) is 6.54 Å². The standard InChI is InChI=1S/C22H29N5O2/c1-17-9-23-27(10-17)13-20(28)25-11-19-12-26(16-22(19,15-25)14-24(2)3)21(29)18-7-5-4-6-8-18/h4-10,19H,11-16H2,1-3H3/t19-,22+/m0/s1. The molecule has 1 aromatic carbocycles. The van der Waals surface area contributed by atoms with Crippen LogP contribution in [-0.2, 0) is 11.3 Å². The highest BCUT2D eigenvalue weighted by Gasteiger charge is 2.54. The van der Waals surface area contributed by atoms with E-state index in [-0.39, 0.29) is 23.8 Å². The molecule has 7 nitrogen and oxygen atoms in total. The molecule has 0 spiro atoms. The van der Waals surface area contributed by atoms with Crippen LogP contribution in [0.25, 0.3) is 0 Å². The number of rotatable bonds is 5. The fraction of sp³-hybridized carbons (Fsp3) is 0.500. The van der Waals surface area contributed by atoms with Gasteiger partial charge in [-0.2, -0.15) is 5.10 Å². The van der Waals surface area contributed by atoms with Crippen LogP contribution in [-0.4, -0.2) is 83.1 Å². The smallest absolute Gasteiger partial charge is 0.253 e. The number of amides is 2. The quantitative estimate of drug-likeness (QED) is 0.767. The molecule has 2 saturated heterocycles. The van der Waals surface area contributed by atoms with Crippen molar-refractivity contribution in [2.75, 3.05) is 46.8 Å². The topological polar surface area (TPSA) is 61.7 Å². The number of carbonyl (C=O) groups is 2. The van der Waals surface area contributed by atoms with E-state index in [9.17, 15) is 9.59 Å². The molecular weight excluding hydrogens is 366 g/mol. The lowest BCUT2D eigenvalue weighted by molar-refractivity contribution is -0.131.